The quantitative estimate of drug-likeness (QED) is 0.441. The van der Waals surface area contributed by atoms with Gasteiger partial charge in [0.25, 0.3) is 5.88 Å². The van der Waals surface area contributed by atoms with E-state index in [4.69, 9.17) is 8.84 Å². The standard InChI is InChI=1S/C16H21BrFNO5SSi/c1-26(2,3)24-15-13(20)14(11-5-7-12(18)8-6-11)23-16(15)19-25(21,22)10-4-9-17/h5-8,19-20H,4,9-10H2,1-3H3. The second-order valence-corrected chi connectivity index (χ2v) is 13.7. The molecular weight excluding hydrogens is 445 g/mol. The van der Waals surface area contributed by atoms with Crippen molar-refractivity contribution in [2.75, 3.05) is 15.8 Å². The van der Waals surface area contributed by atoms with Crippen molar-refractivity contribution < 1.29 is 26.8 Å². The Balaban J connectivity index is 2.48. The summed E-state index contributed by atoms with van der Waals surface area (Å²) in [7, 11) is -5.86. The highest BCUT2D eigenvalue weighted by atomic mass is 79.9. The molecule has 0 amide bonds. The normalized spacial score (nSPS) is 12.2. The summed E-state index contributed by atoms with van der Waals surface area (Å²) in [4.78, 5) is 0. The molecule has 2 N–H and O–H groups in total. The van der Waals surface area contributed by atoms with E-state index in [0.717, 1.165) is 0 Å². The second-order valence-electron chi connectivity index (χ2n) is 6.62. The fourth-order valence-electron chi connectivity index (χ4n) is 2.11. The predicted octanol–water partition coefficient (Wildman–Crippen LogP) is 4.53. The van der Waals surface area contributed by atoms with Gasteiger partial charge in [-0.25, -0.2) is 17.5 Å². The Morgan fingerprint density at radius 2 is 1.88 bits per heavy atom. The van der Waals surface area contributed by atoms with Crippen LogP contribution in [0, 0.1) is 5.82 Å². The van der Waals surface area contributed by atoms with Gasteiger partial charge >= 0.3 is 0 Å². The van der Waals surface area contributed by atoms with Crippen LogP contribution in [0.1, 0.15) is 6.42 Å². The molecule has 0 saturated heterocycles. The Labute approximate surface area is 161 Å². The van der Waals surface area contributed by atoms with Gasteiger partial charge in [-0.2, -0.15) is 0 Å². The molecule has 1 heterocycles. The molecule has 0 unspecified atom stereocenters. The Kier molecular flexibility index (Phi) is 6.40. The molecule has 2 rings (SSSR count). The fraction of sp³-hybridized carbons (Fsp3) is 0.375. The van der Waals surface area contributed by atoms with Gasteiger partial charge in [-0.3, -0.25) is 0 Å². The van der Waals surface area contributed by atoms with E-state index in [1.807, 2.05) is 19.6 Å². The average molecular weight is 466 g/mol. The zero-order valence-corrected chi connectivity index (χ0v) is 18.1. The fourth-order valence-corrected chi connectivity index (χ4v) is 4.61. The number of nitrogens with one attached hydrogen (secondary N) is 1. The van der Waals surface area contributed by atoms with Crippen LogP contribution in [0.15, 0.2) is 28.7 Å². The lowest BCUT2D eigenvalue weighted by Gasteiger charge is -2.19. The smallest absolute Gasteiger partial charge is 0.252 e. The van der Waals surface area contributed by atoms with Crippen molar-refractivity contribution in [3.8, 4) is 22.8 Å². The molecule has 2 aromatic rings. The van der Waals surface area contributed by atoms with E-state index in [1.165, 1.54) is 24.3 Å². The molecule has 0 radical (unpaired) electrons. The molecule has 0 aliphatic rings. The van der Waals surface area contributed by atoms with E-state index in [9.17, 15) is 17.9 Å². The summed E-state index contributed by atoms with van der Waals surface area (Å²) >= 11 is 3.19. The SMILES string of the molecule is C[Si](C)(C)Oc1c(NS(=O)(=O)CCCBr)oc(-c2ccc(F)cc2)c1O. The summed E-state index contributed by atoms with van der Waals surface area (Å²) in [6.07, 6.45) is 0.414. The van der Waals surface area contributed by atoms with E-state index in [0.29, 0.717) is 17.3 Å². The van der Waals surface area contributed by atoms with Crippen molar-refractivity contribution in [2.45, 2.75) is 26.1 Å². The molecule has 1 aromatic carbocycles. The van der Waals surface area contributed by atoms with Gasteiger partial charge in [-0.15, -0.1) is 0 Å². The number of hydrogen-bond donors (Lipinski definition) is 2. The first-order valence-electron chi connectivity index (χ1n) is 7.89. The third-order valence-corrected chi connectivity index (χ3v) is 5.85. The first kappa shape index (κ1) is 20.8. The molecule has 0 bridgehead atoms. The molecule has 0 spiro atoms. The summed E-state index contributed by atoms with van der Waals surface area (Å²) in [5.74, 6) is -1.09. The van der Waals surface area contributed by atoms with Crippen LogP contribution >= 0.6 is 15.9 Å². The van der Waals surface area contributed by atoms with Crippen molar-refractivity contribution >= 4 is 40.2 Å². The summed E-state index contributed by atoms with van der Waals surface area (Å²) in [5.41, 5.74) is 0.398. The Morgan fingerprint density at radius 3 is 2.42 bits per heavy atom. The van der Waals surface area contributed by atoms with Crippen molar-refractivity contribution in [3.05, 3.63) is 30.1 Å². The van der Waals surface area contributed by atoms with Crippen molar-refractivity contribution in [2.24, 2.45) is 0 Å². The highest BCUT2D eigenvalue weighted by Gasteiger charge is 2.29. The summed E-state index contributed by atoms with van der Waals surface area (Å²) in [5, 5.41) is 11.1. The number of halogens is 2. The largest absolute Gasteiger partial charge is 0.538 e. The molecule has 6 nitrogen and oxygen atoms in total. The number of aromatic hydroxyl groups is 1. The van der Waals surface area contributed by atoms with Gasteiger partial charge in [-0.05, 0) is 50.3 Å². The predicted molar refractivity (Wildman–Crippen MR) is 106 cm³/mol. The molecule has 1 aromatic heterocycles. The number of rotatable bonds is 8. The lowest BCUT2D eigenvalue weighted by atomic mass is 10.1. The summed E-state index contributed by atoms with van der Waals surface area (Å²) in [6, 6.07) is 5.29. The monoisotopic (exact) mass is 465 g/mol. The number of alkyl halides is 1. The molecule has 10 heteroatoms. The van der Waals surface area contributed by atoms with Crippen LogP contribution in [0.3, 0.4) is 0 Å². The third kappa shape index (κ3) is 5.48. The minimum absolute atomic E-state index is 0.0106. The summed E-state index contributed by atoms with van der Waals surface area (Å²) < 4.78 is 51.3. The van der Waals surface area contributed by atoms with Crippen LogP contribution < -0.4 is 9.15 Å². The van der Waals surface area contributed by atoms with E-state index < -0.39 is 24.2 Å². The highest BCUT2D eigenvalue weighted by Crippen LogP contribution is 2.47. The Bertz CT molecular complexity index is 862. The molecule has 0 aliphatic heterocycles. The summed E-state index contributed by atoms with van der Waals surface area (Å²) in [6.45, 7) is 5.67. The third-order valence-electron chi connectivity index (χ3n) is 3.15. The molecular formula is C16H21BrFNO5SSi. The molecule has 0 saturated carbocycles. The number of furan rings is 1. The van der Waals surface area contributed by atoms with Crippen LogP contribution in [0.2, 0.25) is 19.6 Å². The van der Waals surface area contributed by atoms with Gasteiger partial charge in [0.05, 0.1) is 5.75 Å². The van der Waals surface area contributed by atoms with Gasteiger partial charge in [0.1, 0.15) is 5.82 Å². The van der Waals surface area contributed by atoms with E-state index in [1.54, 1.807) is 0 Å². The zero-order chi connectivity index (χ0) is 19.5. The van der Waals surface area contributed by atoms with Gasteiger partial charge in [0, 0.05) is 10.9 Å². The second kappa shape index (κ2) is 8.01. The maximum Gasteiger partial charge on any atom is 0.252 e. The minimum Gasteiger partial charge on any atom is -0.538 e. The van der Waals surface area contributed by atoms with Crippen LogP contribution in [-0.4, -0.2) is 32.9 Å². The van der Waals surface area contributed by atoms with Crippen molar-refractivity contribution in [1.82, 2.24) is 0 Å². The molecule has 0 aliphatic carbocycles. The maximum atomic E-state index is 13.1. The minimum atomic E-state index is -3.68. The number of sulfonamides is 1. The van der Waals surface area contributed by atoms with Gasteiger partial charge in [0.2, 0.25) is 29.8 Å². The Morgan fingerprint density at radius 1 is 1.27 bits per heavy atom. The van der Waals surface area contributed by atoms with Gasteiger partial charge in [-0.1, -0.05) is 15.9 Å². The number of anilines is 1. The molecule has 144 valence electrons. The first-order valence-corrected chi connectivity index (χ1v) is 14.1. The van der Waals surface area contributed by atoms with Crippen molar-refractivity contribution in [3.63, 3.8) is 0 Å². The van der Waals surface area contributed by atoms with Crippen molar-refractivity contribution in [1.29, 1.82) is 0 Å². The number of hydrogen-bond acceptors (Lipinski definition) is 5. The molecule has 0 atom stereocenters. The highest BCUT2D eigenvalue weighted by molar-refractivity contribution is 9.09. The Hall–Kier alpha value is -1.52. The molecule has 0 fully saturated rings. The van der Waals surface area contributed by atoms with Crippen LogP contribution in [0.5, 0.6) is 11.5 Å². The number of benzene rings is 1. The first-order chi connectivity index (χ1) is 12.0. The molecule has 26 heavy (non-hydrogen) atoms. The lowest BCUT2D eigenvalue weighted by molar-refractivity contribution is 0.440. The van der Waals surface area contributed by atoms with Crippen LogP contribution in [0.25, 0.3) is 11.3 Å². The van der Waals surface area contributed by atoms with E-state index in [-0.39, 0.29) is 28.9 Å². The van der Waals surface area contributed by atoms with Crippen LogP contribution in [0.4, 0.5) is 10.3 Å². The van der Waals surface area contributed by atoms with Gasteiger partial charge < -0.3 is 13.9 Å². The zero-order valence-electron chi connectivity index (χ0n) is 14.7. The maximum absolute atomic E-state index is 13.1. The van der Waals surface area contributed by atoms with E-state index in [2.05, 4.69) is 20.7 Å². The topological polar surface area (TPSA) is 88.8 Å². The average Bonchev–Trinajstić information content (AvgIpc) is 2.81. The van der Waals surface area contributed by atoms with E-state index >= 15 is 0 Å². The van der Waals surface area contributed by atoms with Gasteiger partial charge in [0.15, 0.2) is 5.76 Å². The van der Waals surface area contributed by atoms with Crippen LogP contribution in [-0.2, 0) is 10.0 Å². The lowest BCUT2D eigenvalue weighted by Crippen LogP contribution is -2.29.